The topological polar surface area (TPSA) is 60.6 Å². The number of nitrogens with zero attached hydrogens (tertiary/aromatic N) is 2. The van der Waals surface area contributed by atoms with Crippen LogP contribution < -0.4 is 15.2 Å². The molecule has 1 aliphatic rings. The van der Waals surface area contributed by atoms with Crippen LogP contribution in [0.4, 0.5) is 5.82 Å². The molecule has 0 aliphatic carbocycles. The van der Waals surface area contributed by atoms with Gasteiger partial charge in [0, 0.05) is 18.2 Å². The van der Waals surface area contributed by atoms with Crippen LogP contribution >= 0.6 is 0 Å². The predicted molar refractivity (Wildman–Crippen MR) is 96.4 cm³/mol. The maximum atomic E-state index is 5.90. The Labute approximate surface area is 143 Å². The monoisotopic (exact) mass is 327 g/mol. The number of hydrogen-bond acceptors (Lipinski definition) is 5. The Bertz CT molecular complexity index is 669. The number of rotatable bonds is 7. The second kappa shape index (κ2) is 8.02. The van der Waals surface area contributed by atoms with E-state index in [0.29, 0.717) is 19.0 Å². The van der Waals surface area contributed by atoms with E-state index in [1.54, 1.807) is 6.07 Å². The van der Waals surface area contributed by atoms with Gasteiger partial charge < -0.3 is 15.2 Å². The maximum Gasteiger partial charge on any atom is 0.132 e. The number of pyridine rings is 1. The van der Waals surface area contributed by atoms with Crippen LogP contribution in [0.25, 0.3) is 11.3 Å². The van der Waals surface area contributed by atoms with E-state index < -0.39 is 0 Å². The number of ether oxygens (including phenoxy) is 2. The van der Waals surface area contributed by atoms with Crippen LogP contribution in [0.2, 0.25) is 0 Å². The largest absolute Gasteiger partial charge is 0.493 e. The molecule has 128 valence electrons. The molecule has 0 saturated carbocycles. The second-order valence-corrected chi connectivity index (χ2v) is 5.94. The van der Waals surface area contributed by atoms with Gasteiger partial charge in [-0.2, -0.15) is 0 Å². The number of benzene rings is 1. The standard InChI is InChI=1S/C19H25N3O2/c1-2-23-18-14-15(24-13-12-22-10-3-4-11-22)8-9-16(18)17-6-5-7-19(20)21-17/h5-9,14H,2-4,10-13H2,1H3,(H2,20,21). The highest BCUT2D eigenvalue weighted by molar-refractivity contribution is 5.69. The number of nitrogen functional groups attached to an aromatic ring is 1. The van der Waals surface area contributed by atoms with Gasteiger partial charge in [-0.1, -0.05) is 6.07 Å². The van der Waals surface area contributed by atoms with Crippen LogP contribution in [0, 0.1) is 0 Å². The molecule has 5 heteroatoms. The van der Waals surface area contributed by atoms with Crippen LogP contribution in [-0.2, 0) is 0 Å². The van der Waals surface area contributed by atoms with Gasteiger partial charge in [0.25, 0.3) is 0 Å². The lowest BCUT2D eigenvalue weighted by Crippen LogP contribution is -2.25. The van der Waals surface area contributed by atoms with Crippen molar-refractivity contribution in [1.82, 2.24) is 9.88 Å². The zero-order valence-corrected chi connectivity index (χ0v) is 14.2. The molecule has 1 fully saturated rings. The lowest BCUT2D eigenvalue weighted by atomic mass is 10.1. The van der Waals surface area contributed by atoms with Crippen LogP contribution in [0.15, 0.2) is 36.4 Å². The van der Waals surface area contributed by atoms with Crippen molar-refractivity contribution in [2.75, 3.05) is 38.6 Å². The molecule has 2 aromatic rings. The minimum Gasteiger partial charge on any atom is -0.493 e. The van der Waals surface area contributed by atoms with Gasteiger partial charge in [0.05, 0.1) is 12.3 Å². The fourth-order valence-electron chi connectivity index (χ4n) is 2.98. The fraction of sp³-hybridized carbons (Fsp3) is 0.421. The molecular weight excluding hydrogens is 302 g/mol. The van der Waals surface area contributed by atoms with E-state index >= 15 is 0 Å². The average Bonchev–Trinajstić information content (AvgIpc) is 3.09. The first-order chi connectivity index (χ1) is 11.8. The van der Waals surface area contributed by atoms with Crippen molar-refractivity contribution in [3.05, 3.63) is 36.4 Å². The first-order valence-corrected chi connectivity index (χ1v) is 8.61. The maximum absolute atomic E-state index is 5.90. The lowest BCUT2D eigenvalue weighted by molar-refractivity contribution is 0.236. The van der Waals surface area contributed by atoms with Crippen LogP contribution in [0.1, 0.15) is 19.8 Å². The first kappa shape index (κ1) is 16.6. The van der Waals surface area contributed by atoms with Crippen molar-refractivity contribution in [3.8, 4) is 22.8 Å². The quantitative estimate of drug-likeness (QED) is 0.846. The van der Waals surface area contributed by atoms with Crippen LogP contribution in [0.3, 0.4) is 0 Å². The Hall–Kier alpha value is -2.27. The van der Waals surface area contributed by atoms with Crippen molar-refractivity contribution >= 4 is 5.82 Å². The highest BCUT2D eigenvalue weighted by Gasteiger charge is 2.12. The fourth-order valence-corrected chi connectivity index (χ4v) is 2.98. The number of likely N-dealkylation sites (tertiary alicyclic amines) is 1. The third kappa shape index (κ3) is 4.17. The molecule has 0 amide bonds. The van der Waals surface area contributed by atoms with Gasteiger partial charge in [0.15, 0.2) is 0 Å². The molecule has 0 unspecified atom stereocenters. The van der Waals surface area contributed by atoms with Gasteiger partial charge in [-0.05, 0) is 57.1 Å². The van der Waals surface area contributed by atoms with Gasteiger partial charge in [-0.25, -0.2) is 4.98 Å². The molecule has 0 radical (unpaired) electrons. The van der Waals surface area contributed by atoms with Gasteiger partial charge >= 0.3 is 0 Å². The number of anilines is 1. The van der Waals surface area contributed by atoms with E-state index in [9.17, 15) is 0 Å². The third-order valence-corrected chi connectivity index (χ3v) is 4.17. The number of aromatic nitrogens is 1. The number of hydrogen-bond donors (Lipinski definition) is 1. The van der Waals surface area contributed by atoms with E-state index in [-0.39, 0.29) is 0 Å². The minimum absolute atomic E-state index is 0.501. The normalized spacial score (nSPS) is 14.7. The molecule has 1 saturated heterocycles. The van der Waals surface area contributed by atoms with Crippen molar-refractivity contribution in [2.24, 2.45) is 0 Å². The Morgan fingerprint density at radius 3 is 2.71 bits per heavy atom. The van der Waals surface area contributed by atoms with E-state index in [1.807, 2.05) is 37.3 Å². The summed E-state index contributed by atoms with van der Waals surface area (Å²) < 4.78 is 11.7. The molecule has 0 bridgehead atoms. The molecule has 24 heavy (non-hydrogen) atoms. The third-order valence-electron chi connectivity index (χ3n) is 4.17. The summed E-state index contributed by atoms with van der Waals surface area (Å²) in [5.74, 6) is 2.10. The van der Waals surface area contributed by atoms with Gasteiger partial charge in [0.2, 0.25) is 0 Å². The predicted octanol–water partition coefficient (Wildman–Crippen LogP) is 3.20. The average molecular weight is 327 g/mol. The van der Waals surface area contributed by atoms with Crippen LogP contribution in [0.5, 0.6) is 11.5 Å². The smallest absolute Gasteiger partial charge is 0.132 e. The molecule has 1 aromatic carbocycles. The highest BCUT2D eigenvalue weighted by atomic mass is 16.5. The Balaban J connectivity index is 1.71. The van der Waals surface area contributed by atoms with Crippen molar-refractivity contribution < 1.29 is 9.47 Å². The van der Waals surface area contributed by atoms with Gasteiger partial charge in [-0.15, -0.1) is 0 Å². The Morgan fingerprint density at radius 1 is 1.12 bits per heavy atom. The van der Waals surface area contributed by atoms with Gasteiger partial charge in [0.1, 0.15) is 23.9 Å². The summed E-state index contributed by atoms with van der Waals surface area (Å²) in [5, 5.41) is 0. The van der Waals surface area contributed by atoms with E-state index in [1.165, 1.54) is 25.9 Å². The molecule has 1 aliphatic heterocycles. The molecule has 0 spiro atoms. The van der Waals surface area contributed by atoms with Crippen molar-refractivity contribution in [3.63, 3.8) is 0 Å². The summed E-state index contributed by atoms with van der Waals surface area (Å²) in [6.07, 6.45) is 2.60. The SMILES string of the molecule is CCOc1cc(OCCN2CCCC2)ccc1-c1cccc(N)n1. The van der Waals surface area contributed by atoms with E-state index in [0.717, 1.165) is 29.3 Å². The van der Waals surface area contributed by atoms with Crippen molar-refractivity contribution in [2.45, 2.75) is 19.8 Å². The Morgan fingerprint density at radius 2 is 1.96 bits per heavy atom. The Kier molecular flexibility index (Phi) is 5.54. The van der Waals surface area contributed by atoms with E-state index in [2.05, 4.69) is 9.88 Å². The summed E-state index contributed by atoms with van der Waals surface area (Å²) in [6.45, 7) is 6.61. The lowest BCUT2D eigenvalue weighted by Gasteiger charge is -2.16. The molecule has 5 nitrogen and oxygen atoms in total. The first-order valence-electron chi connectivity index (χ1n) is 8.61. The summed E-state index contributed by atoms with van der Waals surface area (Å²) in [5.41, 5.74) is 7.53. The van der Waals surface area contributed by atoms with Gasteiger partial charge in [-0.3, -0.25) is 4.90 Å². The van der Waals surface area contributed by atoms with Crippen LogP contribution in [-0.4, -0.2) is 42.7 Å². The molecular formula is C19H25N3O2. The molecule has 0 atom stereocenters. The highest BCUT2D eigenvalue weighted by Crippen LogP contribution is 2.33. The minimum atomic E-state index is 0.501. The zero-order chi connectivity index (χ0) is 16.8. The summed E-state index contributed by atoms with van der Waals surface area (Å²) in [6, 6.07) is 11.5. The summed E-state index contributed by atoms with van der Waals surface area (Å²) in [7, 11) is 0. The molecule has 2 N–H and O–H groups in total. The molecule has 1 aromatic heterocycles. The zero-order valence-electron chi connectivity index (χ0n) is 14.2. The molecule has 2 heterocycles. The van der Waals surface area contributed by atoms with Crippen molar-refractivity contribution in [1.29, 1.82) is 0 Å². The number of nitrogens with two attached hydrogens (primary N) is 1. The van der Waals surface area contributed by atoms with E-state index in [4.69, 9.17) is 15.2 Å². The summed E-state index contributed by atoms with van der Waals surface area (Å²) in [4.78, 5) is 6.82. The molecule has 3 rings (SSSR count). The second-order valence-electron chi connectivity index (χ2n) is 5.94. The summed E-state index contributed by atoms with van der Waals surface area (Å²) >= 11 is 0.